The zero-order chi connectivity index (χ0) is 20.1. The molecule has 1 N–H and O–H groups in total. The van der Waals surface area contributed by atoms with Gasteiger partial charge < -0.3 is 10.1 Å². The zero-order valence-corrected chi connectivity index (χ0v) is 17.0. The Balaban J connectivity index is 1.63. The Morgan fingerprint density at radius 3 is 2.50 bits per heavy atom. The van der Waals surface area contributed by atoms with Crippen molar-refractivity contribution in [2.75, 3.05) is 5.32 Å². The molecule has 3 aromatic rings. The molecular weight excluding hydrogens is 375 g/mol. The van der Waals surface area contributed by atoms with E-state index >= 15 is 0 Å². The van der Waals surface area contributed by atoms with Crippen LogP contribution >= 0.6 is 11.3 Å². The van der Waals surface area contributed by atoms with Gasteiger partial charge in [0.25, 0.3) is 5.91 Å². The summed E-state index contributed by atoms with van der Waals surface area (Å²) in [5, 5.41) is 3.62. The number of aryl methyl sites for hydroxylation is 1. The minimum atomic E-state index is -0.311. The van der Waals surface area contributed by atoms with Gasteiger partial charge in [-0.25, -0.2) is 9.37 Å². The van der Waals surface area contributed by atoms with Crippen molar-refractivity contribution in [3.63, 3.8) is 0 Å². The van der Waals surface area contributed by atoms with Gasteiger partial charge >= 0.3 is 0 Å². The lowest BCUT2D eigenvalue weighted by Gasteiger charge is -2.10. The van der Waals surface area contributed by atoms with Crippen LogP contribution in [0.1, 0.15) is 52.1 Å². The number of amides is 1. The molecule has 0 aliphatic rings. The van der Waals surface area contributed by atoms with Gasteiger partial charge in [-0.15, -0.1) is 11.3 Å². The molecule has 0 saturated heterocycles. The molecule has 0 spiro atoms. The lowest BCUT2D eigenvalue weighted by atomic mass is 9.99. The van der Waals surface area contributed by atoms with Crippen LogP contribution < -0.4 is 10.1 Å². The number of halogens is 1. The average molecular weight is 399 g/mol. The fourth-order valence-corrected chi connectivity index (χ4v) is 3.59. The van der Waals surface area contributed by atoms with E-state index in [1.54, 1.807) is 19.1 Å². The SMILES string of the molecule is CCC(C)c1ccc(NC(=O)c2sc(COc3ccc(F)cc3)nc2C)cc1. The number of anilines is 1. The Morgan fingerprint density at radius 2 is 1.86 bits per heavy atom. The molecule has 1 heterocycles. The molecule has 1 amide bonds. The summed E-state index contributed by atoms with van der Waals surface area (Å²) in [6.07, 6.45) is 1.08. The predicted molar refractivity (Wildman–Crippen MR) is 111 cm³/mol. The van der Waals surface area contributed by atoms with E-state index in [0.29, 0.717) is 27.2 Å². The van der Waals surface area contributed by atoms with E-state index in [4.69, 9.17) is 4.74 Å². The van der Waals surface area contributed by atoms with Crippen molar-refractivity contribution >= 4 is 22.9 Å². The molecule has 0 radical (unpaired) electrons. The van der Waals surface area contributed by atoms with Gasteiger partial charge in [0.05, 0.1) is 5.69 Å². The molecular formula is C22H23FN2O2S. The van der Waals surface area contributed by atoms with E-state index in [2.05, 4.69) is 24.1 Å². The second-order valence-electron chi connectivity index (χ2n) is 6.65. The van der Waals surface area contributed by atoms with Crippen LogP contribution in [0.4, 0.5) is 10.1 Å². The highest BCUT2D eigenvalue weighted by Crippen LogP contribution is 2.24. The van der Waals surface area contributed by atoms with Crippen LogP contribution in [0, 0.1) is 12.7 Å². The summed E-state index contributed by atoms with van der Waals surface area (Å²) in [6, 6.07) is 13.7. The van der Waals surface area contributed by atoms with Crippen molar-refractivity contribution in [2.45, 2.75) is 39.7 Å². The van der Waals surface area contributed by atoms with E-state index in [0.717, 1.165) is 12.1 Å². The summed E-state index contributed by atoms with van der Waals surface area (Å²) >= 11 is 1.30. The third-order valence-electron chi connectivity index (χ3n) is 4.57. The Kier molecular flexibility index (Phi) is 6.41. The van der Waals surface area contributed by atoms with Gasteiger partial charge in [0.1, 0.15) is 28.1 Å². The maximum Gasteiger partial charge on any atom is 0.267 e. The first-order valence-electron chi connectivity index (χ1n) is 9.22. The number of hydrogen-bond acceptors (Lipinski definition) is 4. The Bertz CT molecular complexity index is 936. The van der Waals surface area contributed by atoms with Gasteiger partial charge in [0.15, 0.2) is 0 Å². The van der Waals surface area contributed by atoms with Crippen LogP contribution in [-0.4, -0.2) is 10.9 Å². The lowest BCUT2D eigenvalue weighted by Crippen LogP contribution is -2.11. The molecule has 0 saturated carbocycles. The number of rotatable bonds is 7. The van der Waals surface area contributed by atoms with E-state index in [1.165, 1.54) is 29.0 Å². The third-order valence-corrected chi connectivity index (χ3v) is 5.70. The smallest absolute Gasteiger partial charge is 0.267 e. The van der Waals surface area contributed by atoms with E-state index in [-0.39, 0.29) is 18.3 Å². The van der Waals surface area contributed by atoms with Gasteiger partial charge in [-0.3, -0.25) is 4.79 Å². The summed E-state index contributed by atoms with van der Waals surface area (Å²) in [6.45, 7) is 6.38. The molecule has 3 rings (SSSR count). The lowest BCUT2D eigenvalue weighted by molar-refractivity contribution is 0.103. The van der Waals surface area contributed by atoms with Crippen molar-refractivity contribution in [3.8, 4) is 5.75 Å². The maximum absolute atomic E-state index is 12.9. The summed E-state index contributed by atoms with van der Waals surface area (Å²) in [4.78, 5) is 17.6. The normalized spacial score (nSPS) is 11.9. The largest absolute Gasteiger partial charge is 0.486 e. The monoisotopic (exact) mass is 398 g/mol. The van der Waals surface area contributed by atoms with Gasteiger partial charge in [-0.1, -0.05) is 26.0 Å². The summed E-state index contributed by atoms with van der Waals surface area (Å²) in [7, 11) is 0. The third kappa shape index (κ3) is 4.95. The maximum atomic E-state index is 12.9. The molecule has 2 aromatic carbocycles. The number of carbonyl (C=O) groups is 1. The van der Waals surface area contributed by atoms with Crippen LogP contribution in [0.15, 0.2) is 48.5 Å². The minimum Gasteiger partial charge on any atom is -0.486 e. The highest BCUT2D eigenvalue weighted by molar-refractivity contribution is 7.13. The minimum absolute atomic E-state index is 0.181. The number of nitrogens with one attached hydrogen (secondary N) is 1. The van der Waals surface area contributed by atoms with Crippen LogP contribution in [0.25, 0.3) is 0 Å². The van der Waals surface area contributed by atoms with Crippen molar-refractivity contribution < 1.29 is 13.9 Å². The van der Waals surface area contributed by atoms with Crippen LogP contribution in [0.2, 0.25) is 0 Å². The number of hydrogen-bond donors (Lipinski definition) is 1. The van der Waals surface area contributed by atoms with E-state index in [9.17, 15) is 9.18 Å². The van der Waals surface area contributed by atoms with Gasteiger partial charge in [-0.2, -0.15) is 0 Å². The van der Waals surface area contributed by atoms with Crippen molar-refractivity contribution in [2.24, 2.45) is 0 Å². The first kappa shape index (κ1) is 20.0. The number of ether oxygens (including phenoxy) is 1. The standard InChI is InChI=1S/C22H23FN2O2S/c1-4-14(2)16-5-9-18(10-6-16)25-22(26)21-15(3)24-20(28-21)13-27-19-11-7-17(23)8-12-19/h5-12,14H,4,13H2,1-3H3,(H,25,26). The Morgan fingerprint density at radius 1 is 1.18 bits per heavy atom. The summed E-state index contributed by atoms with van der Waals surface area (Å²) in [5.41, 5.74) is 2.68. The van der Waals surface area contributed by atoms with Crippen LogP contribution in [-0.2, 0) is 6.61 Å². The van der Waals surface area contributed by atoms with E-state index < -0.39 is 0 Å². The molecule has 6 heteroatoms. The fraction of sp³-hybridized carbons (Fsp3) is 0.273. The Hall–Kier alpha value is -2.73. The highest BCUT2D eigenvalue weighted by atomic mass is 32.1. The topological polar surface area (TPSA) is 51.2 Å². The molecule has 1 aromatic heterocycles. The predicted octanol–water partition coefficient (Wildman–Crippen LogP) is 5.94. The number of benzene rings is 2. The van der Waals surface area contributed by atoms with Gasteiger partial charge in [0, 0.05) is 5.69 Å². The Labute approximate surface area is 168 Å². The zero-order valence-electron chi connectivity index (χ0n) is 16.2. The van der Waals surface area contributed by atoms with Crippen molar-refractivity contribution in [3.05, 3.63) is 75.5 Å². The number of aromatic nitrogens is 1. The first-order chi connectivity index (χ1) is 13.5. The molecule has 0 fully saturated rings. The van der Waals surface area contributed by atoms with Crippen LogP contribution in [0.3, 0.4) is 0 Å². The fourth-order valence-electron chi connectivity index (χ4n) is 2.72. The van der Waals surface area contributed by atoms with E-state index in [1.807, 2.05) is 24.3 Å². The quantitative estimate of drug-likeness (QED) is 0.536. The summed E-state index contributed by atoms with van der Waals surface area (Å²) < 4.78 is 18.6. The van der Waals surface area contributed by atoms with Crippen molar-refractivity contribution in [1.29, 1.82) is 0 Å². The molecule has 1 atom stereocenters. The molecule has 0 aliphatic carbocycles. The molecule has 28 heavy (non-hydrogen) atoms. The average Bonchev–Trinajstić information content (AvgIpc) is 3.08. The van der Waals surface area contributed by atoms with Crippen molar-refractivity contribution in [1.82, 2.24) is 4.98 Å². The second-order valence-corrected chi connectivity index (χ2v) is 7.73. The molecule has 0 aliphatic heterocycles. The molecule has 146 valence electrons. The molecule has 0 bridgehead atoms. The van der Waals surface area contributed by atoms with Gasteiger partial charge in [-0.05, 0) is 61.2 Å². The highest BCUT2D eigenvalue weighted by Gasteiger charge is 2.16. The molecule has 4 nitrogen and oxygen atoms in total. The summed E-state index contributed by atoms with van der Waals surface area (Å²) in [5.74, 6) is 0.562. The van der Waals surface area contributed by atoms with Gasteiger partial charge in [0.2, 0.25) is 0 Å². The second kappa shape index (κ2) is 8.97. The number of thiazole rings is 1. The molecule has 1 unspecified atom stereocenters. The number of carbonyl (C=O) groups excluding carboxylic acids is 1. The number of nitrogens with zero attached hydrogens (tertiary/aromatic N) is 1. The van der Waals surface area contributed by atoms with Crippen LogP contribution in [0.5, 0.6) is 5.75 Å². The first-order valence-corrected chi connectivity index (χ1v) is 10.0.